The Hall–Kier alpha value is -3.48. The molecule has 0 aliphatic carbocycles. The Bertz CT molecular complexity index is 1040. The van der Waals surface area contributed by atoms with E-state index in [1.165, 1.54) is 12.1 Å². The second kappa shape index (κ2) is 8.90. The normalized spacial score (nSPS) is 16.2. The first kappa shape index (κ1) is 19.8. The zero-order valence-electron chi connectivity index (χ0n) is 16.7. The summed E-state index contributed by atoms with van der Waals surface area (Å²) in [6.45, 7) is 1.36. The molecule has 0 saturated carbocycles. The van der Waals surface area contributed by atoms with Crippen molar-refractivity contribution in [2.45, 2.75) is 12.8 Å². The first-order chi connectivity index (χ1) is 14.6. The van der Waals surface area contributed by atoms with Crippen LogP contribution in [0.3, 0.4) is 0 Å². The van der Waals surface area contributed by atoms with Gasteiger partial charge in [-0.15, -0.1) is 0 Å². The van der Waals surface area contributed by atoms with Gasteiger partial charge in [-0.25, -0.2) is 14.4 Å². The van der Waals surface area contributed by atoms with Crippen LogP contribution in [0.5, 0.6) is 5.75 Å². The van der Waals surface area contributed by atoms with Crippen LogP contribution in [0.1, 0.15) is 12.8 Å². The monoisotopic (exact) mass is 406 g/mol. The van der Waals surface area contributed by atoms with E-state index in [4.69, 9.17) is 4.74 Å². The number of benzene rings is 2. The van der Waals surface area contributed by atoms with Gasteiger partial charge in [0.1, 0.15) is 17.4 Å². The highest BCUT2D eigenvalue weighted by atomic mass is 19.1. The van der Waals surface area contributed by atoms with Crippen molar-refractivity contribution >= 4 is 17.4 Å². The van der Waals surface area contributed by atoms with E-state index in [9.17, 15) is 9.18 Å². The Morgan fingerprint density at radius 1 is 1.20 bits per heavy atom. The molecule has 3 aromatic rings. The van der Waals surface area contributed by atoms with E-state index < -0.39 is 0 Å². The average Bonchev–Trinajstić information content (AvgIpc) is 2.79. The SMILES string of the molecule is COc1ccccc1NC(=O)[C@H]1CCCN(c2ccnc(-c3cccc(F)c3)n2)C1. The van der Waals surface area contributed by atoms with Crippen LogP contribution >= 0.6 is 0 Å². The standard InChI is InChI=1S/C23H23FN4O2/c1-30-20-10-3-2-9-19(20)26-23(29)17-7-5-13-28(15-17)21-11-12-25-22(27-21)16-6-4-8-18(24)14-16/h2-4,6,8-12,14,17H,5,7,13,15H2,1H3,(H,26,29)/t17-/m0/s1. The fourth-order valence-electron chi connectivity index (χ4n) is 3.67. The molecule has 1 fully saturated rings. The lowest BCUT2D eigenvalue weighted by atomic mass is 9.97. The molecule has 154 valence electrons. The van der Waals surface area contributed by atoms with Gasteiger partial charge in [-0.05, 0) is 43.2 Å². The molecule has 0 radical (unpaired) electrons. The minimum Gasteiger partial charge on any atom is -0.495 e. The van der Waals surface area contributed by atoms with Crippen LogP contribution in [0.4, 0.5) is 15.9 Å². The van der Waals surface area contributed by atoms with E-state index in [1.54, 1.807) is 25.4 Å². The van der Waals surface area contributed by atoms with Crippen molar-refractivity contribution in [2.75, 3.05) is 30.4 Å². The van der Waals surface area contributed by atoms with Gasteiger partial charge in [0.2, 0.25) is 5.91 Å². The molecule has 1 atom stereocenters. The predicted octanol–water partition coefficient (Wildman–Crippen LogP) is 4.15. The number of nitrogens with one attached hydrogen (secondary N) is 1. The van der Waals surface area contributed by atoms with Gasteiger partial charge < -0.3 is 15.0 Å². The predicted molar refractivity (Wildman–Crippen MR) is 114 cm³/mol. The molecule has 0 unspecified atom stereocenters. The second-order valence-corrected chi connectivity index (χ2v) is 7.22. The largest absolute Gasteiger partial charge is 0.495 e. The Balaban J connectivity index is 1.49. The lowest BCUT2D eigenvalue weighted by Gasteiger charge is -2.33. The number of ether oxygens (including phenoxy) is 1. The minimum absolute atomic E-state index is 0.0383. The molecular formula is C23H23FN4O2. The molecule has 6 nitrogen and oxygen atoms in total. The van der Waals surface area contributed by atoms with E-state index in [0.29, 0.717) is 29.4 Å². The number of amides is 1. The third kappa shape index (κ3) is 4.40. The maximum atomic E-state index is 13.6. The highest BCUT2D eigenvalue weighted by Crippen LogP contribution is 2.27. The molecule has 2 heterocycles. The number of methoxy groups -OCH3 is 1. The van der Waals surface area contributed by atoms with Gasteiger partial charge in [-0.3, -0.25) is 4.79 Å². The number of nitrogens with zero attached hydrogens (tertiary/aromatic N) is 3. The highest BCUT2D eigenvalue weighted by Gasteiger charge is 2.27. The lowest BCUT2D eigenvalue weighted by Crippen LogP contribution is -2.41. The smallest absolute Gasteiger partial charge is 0.229 e. The van der Waals surface area contributed by atoms with Gasteiger partial charge in [-0.2, -0.15) is 0 Å². The van der Waals surface area contributed by atoms with Crippen molar-refractivity contribution in [3.05, 3.63) is 66.6 Å². The third-order valence-electron chi connectivity index (χ3n) is 5.20. The summed E-state index contributed by atoms with van der Waals surface area (Å²) in [4.78, 5) is 23.8. The zero-order chi connectivity index (χ0) is 20.9. The van der Waals surface area contributed by atoms with E-state index in [2.05, 4.69) is 20.2 Å². The number of aromatic nitrogens is 2. The van der Waals surface area contributed by atoms with E-state index in [1.807, 2.05) is 30.3 Å². The number of carbonyl (C=O) groups is 1. The molecular weight excluding hydrogens is 383 g/mol. The summed E-state index contributed by atoms with van der Waals surface area (Å²) in [6, 6.07) is 15.4. The van der Waals surface area contributed by atoms with Crippen molar-refractivity contribution in [1.82, 2.24) is 9.97 Å². The molecule has 2 aromatic carbocycles. The maximum Gasteiger partial charge on any atom is 0.229 e. The van der Waals surface area contributed by atoms with Crippen LogP contribution in [0.15, 0.2) is 60.8 Å². The lowest BCUT2D eigenvalue weighted by molar-refractivity contribution is -0.120. The quantitative estimate of drug-likeness (QED) is 0.690. The minimum atomic E-state index is -0.326. The summed E-state index contributed by atoms with van der Waals surface area (Å²) in [5, 5.41) is 2.98. The number of hydrogen-bond acceptors (Lipinski definition) is 5. The van der Waals surface area contributed by atoms with Gasteiger partial charge in [-0.1, -0.05) is 24.3 Å². The van der Waals surface area contributed by atoms with Crippen LogP contribution in [0, 0.1) is 11.7 Å². The number of anilines is 2. The average molecular weight is 406 g/mol. The number of piperidine rings is 1. The molecule has 1 amide bonds. The number of carbonyl (C=O) groups excluding carboxylic acids is 1. The number of hydrogen-bond donors (Lipinski definition) is 1. The first-order valence-corrected chi connectivity index (χ1v) is 9.92. The molecule has 1 saturated heterocycles. The fraction of sp³-hybridized carbons (Fsp3) is 0.261. The van der Waals surface area contributed by atoms with Crippen molar-refractivity contribution in [3.63, 3.8) is 0 Å². The molecule has 0 bridgehead atoms. The van der Waals surface area contributed by atoms with Crippen LogP contribution < -0.4 is 15.0 Å². The van der Waals surface area contributed by atoms with Gasteiger partial charge in [0.05, 0.1) is 18.7 Å². The summed E-state index contributed by atoms with van der Waals surface area (Å²) >= 11 is 0. The van der Waals surface area contributed by atoms with Crippen molar-refractivity contribution in [2.24, 2.45) is 5.92 Å². The number of rotatable bonds is 5. The summed E-state index contributed by atoms with van der Waals surface area (Å²) in [7, 11) is 1.58. The molecule has 7 heteroatoms. The van der Waals surface area contributed by atoms with E-state index >= 15 is 0 Å². The summed E-state index contributed by atoms with van der Waals surface area (Å²) < 4.78 is 18.9. The van der Waals surface area contributed by atoms with Gasteiger partial charge in [0.25, 0.3) is 0 Å². The fourth-order valence-corrected chi connectivity index (χ4v) is 3.67. The molecule has 1 N–H and O–H groups in total. The molecule has 1 aliphatic rings. The third-order valence-corrected chi connectivity index (χ3v) is 5.20. The Labute approximate surface area is 174 Å². The molecule has 1 aliphatic heterocycles. The van der Waals surface area contributed by atoms with Crippen molar-refractivity contribution in [1.29, 1.82) is 0 Å². The molecule has 1 aromatic heterocycles. The molecule has 4 rings (SSSR count). The van der Waals surface area contributed by atoms with Crippen LogP contribution in [-0.2, 0) is 4.79 Å². The number of halogens is 1. The topological polar surface area (TPSA) is 67.3 Å². The van der Waals surface area contributed by atoms with Crippen LogP contribution in [0.25, 0.3) is 11.4 Å². The molecule has 30 heavy (non-hydrogen) atoms. The van der Waals surface area contributed by atoms with E-state index in [0.717, 1.165) is 25.2 Å². The van der Waals surface area contributed by atoms with Crippen LogP contribution in [0.2, 0.25) is 0 Å². The Morgan fingerprint density at radius 2 is 2.07 bits per heavy atom. The first-order valence-electron chi connectivity index (χ1n) is 9.92. The summed E-state index contributed by atoms with van der Waals surface area (Å²) in [5.74, 6) is 1.30. The van der Waals surface area contributed by atoms with Gasteiger partial charge in [0, 0.05) is 24.8 Å². The second-order valence-electron chi connectivity index (χ2n) is 7.22. The van der Waals surface area contributed by atoms with Crippen molar-refractivity contribution in [3.8, 4) is 17.1 Å². The van der Waals surface area contributed by atoms with Gasteiger partial charge in [0.15, 0.2) is 5.82 Å². The van der Waals surface area contributed by atoms with Crippen molar-refractivity contribution < 1.29 is 13.9 Å². The maximum absolute atomic E-state index is 13.6. The molecule has 0 spiro atoms. The Kier molecular flexibility index (Phi) is 5.88. The summed E-state index contributed by atoms with van der Waals surface area (Å²) in [6.07, 6.45) is 3.35. The van der Waals surface area contributed by atoms with Gasteiger partial charge >= 0.3 is 0 Å². The van der Waals surface area contributed by atoms with E-state index in [-0.39, 0.29) is 17.6 Å². The zero-order valence-corrected chi connectivity index (χ0v) is 16.7. The highest BCUT2D eigenvalue weighted by molar-refractivity contribution is 5.94. The number of para-hydroxylation sites is 2. The summed E-state index contributed by atoms with van der Waals surface area (Å²) in [5.41, 5.74) is 1.29. The Morgan fingerprint density at radius 3 is 2.90 bits per heavy atom. The van der Waals surface area contributed by atoms with Crippen LogP contribution in [-0.4, -0.2) is 36.1 Å².